The smallest absolute Gasteiger partial charge is 0.356 e. The summed E-state index contributed by atoms with van der Waals surface area (Å²) in [5.74, 6) is -0.983. The molecular formula is C26H33N3O6S. The number of amides is 2. The van der Waals surface area contributed by atoms with Crippen LogP contribution in [0.15, 0.2) is 47.5 Å². The van der Waals surface area contributed by atoms with Crippen LogP contribution in [0.1, 0.15) is 72.4 Å². The van der Waals surface area contributed by atoms with Crippen molar-refractivity contribution in [3.8, 4) is 0 Å². The maximum Gasteiger partial charge on any atom is 0.356 e. The van der Waals surface area contributed by atoms with Crippen LogP contribution in [0.2, 0.25) is 0 Å². The first kappa shape index (κ1) is 27.3. The fraction of sp³-hybridized carbons (Fsp3) is 0.462. The highest BCUT2D eigenvalue weighted by atomic mass is 32.2. The van der Waals surface area contributed by atoms with E-state index >= 15 is 0 Å². The summed E-state index contributed by atoms with van der Waals surface area (Å²) >= 11 is 0. The monoisotopic (exact) mass is 515 g/mol. The highest BCUT2D eigenvalue weighted by molar-refractivity contribution is 7.90. The van der Waals surface area contributed by atoms with E-state index < -0.39 is 21.9 Å². The van der Waals surface area contributed by atoms with Crippen LogP contribution in [-0.2, 0) is 26.0 Å². The van der Waals surface area contributed by atoms with Gasteiger partial charge in [0, 0.05) is 18.7 Å². The van der Waals surface area contributed by atoms with Crippen molar-refractivity contribution < 1.29 is 27.5 Å². The number of pyridine rings is 1. The van der Waals surface area contributed by atoms with E-state index in [9.17, 15) is 22.8 Å². The second-order valence-electron chi connectivity index (χ2n) is 8.96. The Hall–Kier alpha value is -3.27. The third-order valence-corrected chi connectivity index (χ3v) is 7.80. The molecule has 2 aromatic rings. The van der Waals surface area contributed by atoms with Gasteiger partial charge in [-0.1, -0.05) is 38.3 Å². The fourth-order valence-electron chi connectivity index (χ4n) is 4.27. The molecule has 1 aliphatic rings. The standard InChI is InChI=1S/C26H33N3O6S/c1-3-35-26(32)23-14-11-21(17-28-23)25(31)29-36(33,34)22-12-9-19(10-13-22)15-16-27-24(30)18(2)20-7-5-4-6-8-20/h9-14,17-18,20H,3-8,15-16H2,1-2H3,(H,27,30)(H,29,31). The zero-order valence-corrected chi connectivity index (χ0v) is 21.5. The van der Waals surface area contributed by atoms with Gasteiger partial charge in [-0.3, -0.25) is 9.59 Å². The number of sulfonamides is 1. The minimum atomic E-state index is -4.11. The third kappa shape index (κ3) is 7.36. The summed E-state index contributed by atoms with van der Waals surface area (Å²) < 4.78 is 32.1. The molecule has 2 N–H and O–H groups in total. The highest BCUT2D eigenvalue weighted by Crippen LogP contribution is 2.29. The first-order chi connectivity index (χ1) is 17.2. The number of nitrogens with zero attached hydrogens (tertiary/aromatic N) is 1. The van der Waals surface area contributed by atoms with E-state index in [0.717, 1.165) is 24.6 Å². The van der Waals surface area contributed by atoms with Crippen LogP contribution in [0.3, 0.4) is 0 Å². The molecule has 10 heteroatoms. The number of aromatic nitrogens is 1. The van der Waals surface area contributed by atoms with Crippen LogP contribution in [0.25, 0.3) is 0 Å². The van der Waals surface area contributed by atoms with Crippen molar-refractivity contribution in [1.29, 1.82) is 0 Å². The molecular weight excluding hydrogens is 482 g/mol. The normalized spacial score (nSPS) is 15.1. The molecule has 1 atom stereocenters. The molecule has 1 aromatic carbocycles. The summed E-state index contributed by atoms with van der Waals surface area (Å²) in [6.45, 7) is 4.31. The lowest BCUT2D eigenvalue weighted by Gasteiger charge is -2.26. The van der Waals surface area contributed by atoms with Gasteiger partial charge in [0.05, 0.1) is 17.1 Å². The Morgan fingerprint density at radius 1 is 1.06 bits per heavy atom. The Morgan fingerprint density at radius 2 is 1.75 bits per heavy atom. The largest absolute Gasteiger partial charge is 0.461 e. The van der Waals surface area contributed by atoms with Gasteiger partial charge in [0.1, 0.15) is 5.69 Å². The molecule has 1 saturated carbocycles. The predicted octanol–water partition coefficient (Wildman–Crippen LogP) is 3.25. The Kier molecular flexibility index (Phi) is 9.58. The zero-order chi connectivity index (χ0) is 26.1. The van der Waals surface area contributed by atoms with Crippen LogP contribution in [0.5, 0.6) is 0 Å². The van der Waals surface area contributed by atoms with E-state index in [1.54, 1.807) is 19.1 Å². The molecule has 36 heavy (non-hydrogen) atoms. The van der Waals surface area contributed by atoms with E-state index in [2.05, 4.69) is 10.3 Å². The summed E-state index contributed by atoms with van der Waals surface area (Å²) in [4.78, 5) is 40.3. The van der Waals surface area contributed by atoms with Gasteiger partial charge in [0.15, 0.2) is 0 Å². The van der Waals surface area contributed by atoms with Gasteiger partial charge in [-0.15, -0.1) is 0 Å². The lowest BCUT2D eigenvalue weighted by atomic mass is 9.80. The van der Waals surface area contributed by atoms with Crippen molar-refractivity contribution in [3.05, 3.63) is 59.4 Å². The first-order valence-electron chi connectivity index (χ1n) is 12.3. The summed E-state index contributed by atoms with van der Waals surface area (Å²) in [6.07, 6.45) is 7.53. The molecule has 3 rings (SSSR count). The number of carbonyl (C=O) groups excluding carboxylic acids is 3. The highest BCUT2D eigenvalue weighted by Gasteiger charge is 2.25. The minimum absolute atomic E-state index is 0.00186. The average molecular weight is 516 g/mol. The number of carbonyl (C=O) groups is 3. The Morgan fingerprint density at radius 3 is 2.36 bits per heavy atom. The number of hydrogen-bond donors (Lipinski definition) is 2. The number of benzene rings is 1. The Balaban J connectivity index is 1.51. The second-order valence-corrected chi connectivity index (χ2v) is 10.6. The molecule has 1 fully saturated rings. The molecule has 1 aromatic heterocycles. The maximum atomic E-state index is 12.6. The molecule has 2 amide bonds. The van der Waals surface area contributed by atoms with Crippen molar-refractivity contribution in [1.82, 2.24) is 15.0 Å². The first-order valence-corrected chi connectivity index (χ1v) is 13.8. The van der Waals surface area contributed by atoms with Gasteiger partial charge in [0.25, 0.3) is 15.9 Å². The SMILES string of the molecule is CCOC(=O)c1ccc(C(=O)NS(=O)(=O)c2ccc(CCNC(=O)C(C)C3CCCCC3)cc2)cn1. The summed E-state index contributed by atoms with van der Waals surface area (Å²) in [7, 11) is -4.11. The van der Waals surface area contributed by atoms with Crippen LogP contribution >= 0.6 is 0 Å². The minimum Gasteiger partial charge on any atom is -0.461 e. The van der Waals surface area contributed by atoms with Crippen LogP contribution in [-0.4, -0.2) is 44.3 Å². The topological polar surface area (TPSA) is 132 Å². The van der Waals surface area contributed by atoms with Gasteiger partial charge in [-0.2, -0.15) is 0 Å². The van der Waals surface area contributed by atoms with Crippen LogP contribution in [0.4, 0.5) is 0 Å². The molecule has 0 saturated heterocycles. The van der Waals surface area contributed by atoms with Crippen molar-refractivity contribution in [2.24, 2.45) is 11.8 Å². The van der Waals surface area contributed by atoms with Gasteiger partial charge >= 0.3 is 5.97 Å². The molecule has 1 unspecified atom stereocenters. The van der Waals surface area contributed by atoms with E-state index in [-0.39, 0.29) is 34.6 Å². The summed E-state index contributed by atoms with van der Waals surface area (Å²) in [5, 5.41) is 2.99. The van der Waals surface area contributed by atoms with E-state index in [0.29, 0.717) is 18.9 Å². The molecule has 0 aliphatic heterocycles. The van der Waals surface area contributed by atoms with Crippen molar-refractivity contribution in [2.75, 3.05) is 13.2 Å². The van der Waals surface area contributed by atoms with E-state index in [1.807, 2.05) is 11.6 Å². The molecule has 194 valence electrons. The zero-order valence-electron chi connectivity index (χ0n) is 20.7. The van der Waals surface area contributed by atoms with Crippen LogP contribution < -0.4 is 10.0 Å². The molecule has 1 aliphatic carbocycles. The summed E-state index contributed by atoms with van der Waals surface area (Å²) in [5.41, 5.74) is 0.873. The molecule has 0 spiro atoms. The molecule has 9 nitrogen and oxygen atoms in total. The van der Waals surface area contributed by atoms with Gasteiger partial charge in [-0.25, -0.2) is 22.9 Å². The fourth-order valence-corrected chi connectivity index (χ4v) is 5.24. The second kappa shape index (κ2) is 12.6. The lowest BCUT2D eigenvalue weighted by Crippen LogP contribution is -2.35. The van der Waals surface area contributed by atoms with Gasteiger partial charge < -0.3 is 10.1 Å². The van der Waals surface area contributed by atoms with Crippen LogP contribution in [0, 0.1) is 11.8 Å². The summed E-state index contributed by atoms with van der Waals surface area (Å²) in [6, 6.07) is 8.75. The maximum absolute atomic E-state index is 12.6. The van der Waals surface area contributed by atoms with Gasteiger partial charge in [-0.05, 0) is 61.9 Å². The number of rotatable bonds is 10. The number of esters is 1. The predicted molar refractivity (Wildman–Crippen MR) is 134 cm³/mol. The van der Waals surface area contributed by atoms with E-state index in [1.165, 1.54) is 43.5 Å². The Bertz CT molecular complexity index is 1160. The molecule has 1 heterocycles. The number of nitrogens with one attached hydrogen (secondary N) is 2. The number of hydrogen-bond acceptors (Lipinski definition) is 7. The average Bonchev–Trinajstić information content (AvgIpc) is 2.89. The van der Waals surface area contributed by atoms with E-state index in [4.69, 9.17) is 4.74 Å². The van der Waals surface area contributed by atoms with Gasteiger partial charge in [0.2, 0.25) is 5.91 Å². The Labute approximate surface area is 212 Å². The lowest BCUT2D eigenvalue weighted by molar-refractivity contribution is -0.126. The van der Waals surface area contributed by atoms with Crippen molar-refractivity contribution >= 4 is 27.8 Å². The number of ether oxygens (including phenoxy) is 1. The third-order valence-electron chi connectivity index (χ3n) is 6.45. The molecule has 0 bridgehead atoms. The molecule has 0 radical (unpaired) electrons. The van der Waals surface area contributed by atoms with Crippen molar-refractivity contribution in [2.45, 2.75) is 57.3 Å². The quantitative estimate of drug-likeness (QED) is 0.464. The van der Waals surface area contributed by atoms with Crippen molar-refractivity contribution in [3.63, 3.8) is 0 Å².